The number of rotatable bonds is 57. The van der Waals surface area contributed by atoms with Gasteiger partial charge in [-0.1, -0.05) is 288 Å². The fourth-order valence-electron chi connectivity index (χ4n) is 9.43. The van der Waals surface area contributed by atoms with Crippen LogP contribution in [0.15, 0.2) is 36.5 Å². The Hall–Kier alpha value is -1.92. The summed E-state index contributed by atoms with van der Waals surface area (Å²) in [4.78, 5) is 24.5. The summed E-state index contributed by atoms with van der Waals surface area (Å²) in [5.41, 5.74) is 0. The Bertz CT molecular complexity index is 1120. The second-order valence-corrected chi connectivity index (χ2v) is 21.0. The first-order valence-electron chi connectivity index (χ1n) is 30.8. The van der Waals surface area contributed by atoms with Crippen molar-refractivity contribution in [3.05, 3.63) is 36.5 Å². The van der Waals surface area contributed by atoms with E-state index in [0.29, 0.717) is 19.4 Å². The summed E-state index contributed by atoms with van der Waals surface area (Å²) in [6.45, 7) is 4.91. The number of amides is 1. The monoisotopic (exact) mass is 970 g/mol. The van der Waals surface area contributed by atoms with Crippen LogP contribution < -0.4 is 5.32 Å². The van der Waals surface area contributed by atoms with E-state index in [-0.39, 0.29) is 18.5 Å². The molecule has 0 spiro atoms. The molecule has 0 aromatic rings. The third-order valence-electron chi connectivity index (χ3n) is 14.2. The number of carbonyl (C=O) groups is 2. The number of ether oxygens (including phenoxy) is 1. The number of unbranched alkanes of at least 4 members (excludes halogenated alkanes) is 42. The molecule has 3 N–H and O–H groups in total. The average molecular weight is 971 g/mol. The number of aliphatic hydroxyl groups excluding tert-OH is 2. The summed E-state index contributed by atoms with van der Waals surface area (Å²) in [5, 5.41) is 23.1. The highest BCUT2D eigenvalue weighted by atomic mass is 16.5. The Morgan fingerprint density at radius 1 is 0.406 bits per heavy atom. The van der Waals surface area contributed by atoms with Gasteiger partial charge in [-0.3, -0.25) is 9.59 Å². The maximum absolute atomic E-state index is 12.5. The third-order valence-corrected chi connectivity index (χ3v) is 14.2. The van der Waals surface area contributed by atoms with E-state index in [1.807, 2.05) is 6.08 Å². The molecule has 0 rings (SSSR count). The van der Waals surface area contributed by atoms with Gasteiger partial charge in [-0.05, 0) is 64.2 Å². The van der Waals surface area contributed by atoms with Crippen LogP contribution in [0.3, 0.4) is 0 Å². The van der Waals surface area contributed by atoms with Crippen molar-refractivity contribution in [2.24, 2.45) is 0 Å². The molecule has 406 valence electrons. The van der Waals surface area contributed by atoms with Crippen LogP contribution in [0, 0.1) is 0 Å². The average Bonchev–Trinajstić information content (AvgIpc) is 3.35. The normalized spacial score (nSPS) is 12.8. The van der Waals surface area contributed by atoms with Gasteiger partial charge in [0.05, 0.1) is 25.4 Å². The number of carbonyl (C=O) groups excluding carboxylic acids is 2. The van der Waals surface area contributed by atoms with Gasteiger partial charge in [0.1, 0.15) is 0 Å². The van der Waals surface area contributed by atoms with Crippen LogP contribution in [0.5, 0.6) is 0 Å². The molecule has 0 radical (unpaired) electrons. The van der Waals surface area contributed by atoms with Gasteiger partial charge in [0, 0.05) is 12.8 Å². The molecule has 0 fully saturated rings. The van der Waals surface area contributed by atoms with Crippen molar-refractivity contribution in [3.63, 3.8) is 0 Å². The molecule has 0 aromatic heterocycles. The summed E-state index contributed by atoms with van der Waals surface area (Å²) >= 11 is 0. The first-order valence-corrected chi connectivity index (χ1v) is 30.8. The summed E-state index contributed by atoms with van der Waals surface area (Å²) in [7, 11) is 0. The molecule has 0 bridgehead atoms. The largest absolute Gasteiger partial charge is 0.466 e. The fourth-order valence-corrected chi connectivity index (χ4v) is 9.43. The molecule has 0 aliphatic heterocycles. The van der Waals surface area contributed by atoms with Crippen LogP contribution in [-0.4, -0.2) is 47.4 Å². The van der Waals surface area contributed by atoms with Gasteiger partial charge in [-0.2, -0.15) is 0 Å². The van der Waals surface area contributed by atoms with Crippen molar-refractivity contribution in [2.75, 3.05) is 13.2 Å². The SMILES string of the molecule is CCCCCCCCCCCCCCCCC/C=C/C(O)C(CO)NC(=O)CCCCCCCCC/C=C\C/C=C\CCCCCCCCCCCOC(=O)CCCCCCCCCCCCCC. The molecule has 1 amide bonds. The van der Waals surface area contributed by atoms with Crippen LogP contribution in [-0.2, 0) is 14.3 Å². The van der Waals surface area contributed by atoms with Crippen LogP contribution >= 0.6 is 0 Å². The van der Waals surface area contributed by atoms with Gasteiger partial charge in [0.25, 0.3) is 0 Å². The molecule has 0 saturated heterocycles. The van der Waals surface area contributed by atoms with Crippen molar-refractivity contribution < 1.29 is 24.5 Å². The van der Waals surface area contributed by atoms with E-state index in [1.54, 1.807) is 6.08 Å². The van der Waals surface area contributed by atoms with E-state index in [9.17, 15) is 19.8 Å². The zero-order valence-electron chi connectivity index (χ0n) is 46.3. The van der Waals surface area contributed by atoms with Gasteiger partial charge in [-0.15, -0.1) is 0 Å². The van der Waals surface area contributed by atoms with Crippen molar-refractivity contribution in [1.82, 2.24) is 5.32 Å². The minimum Gasteiger partial charge on any atom is -0.466 e. The lowest BCUT2D eigenvalue weighted by Gasteiger charge is -2.20. The van der Waals surface area contributed by atoms with Crippen molar-refractivity contribution in [2.45, 2.75) is 341 Å². The maximum atomic E-state index is 12.5. The molecule has 0 aromatic carbocycles. The highest BCUT2D eigenvalue weighted by Crippen LogP contribution is 2.17. The lowest BCUT2D eigenvalue weighted by atomic mass is 10.0. The third kappa shape index (κ3) is 55.2. The molecule has 6 nitrogen and oxygen atoms in total. The highest BCUT2D eigenvalue weighted by Gasteiger charge is 2.18. The molecular weight excluding hydrogens is 851 g/mol. The number of esters is 1. The predicted octanol–water partition coefficient (Wildman–Crippen LogP) is 19.2. The Labute approximate surface area is 430 Å². The van der Waals surface area contributed by atoms with Crippen molar-refractivity contribution >= 4 is 11.9 Å². The van der Waals surface area contributed by atoms with E-state index in [0.717, 1.165) is 57.8 Å². The van der Waals surface area contributed by atoms with Crippen LogP contribution in [0.4, 0.5) is 0 Å². The van der Waals surface area contributed by atoms with Crippen molar-refractivity contribution in [3.8, 4) is 0 Å². The standard InChI is InChI=1S/C63H119NO5/c1-3-5-7-9-11-13-15-17-18-26-29-32-35-39-43-47-51-55-61(66)60(59-65)64-62(67)56-52-48-44-40-36-33-30-27-24-22-20-19-21-23-25-28-31-34-38-42-46-50-54-58-69-63(68)57-53-49-45-41-37-16-14-12-10-8-6-4-2/h19,21-22,24,51,55,60-61,65-66H,3-18,20,23,25-50,52-54,56-59H2,1-2H3,(H,64,67)/b21-19-,24-22-,55-51+. The van der Waals surface area contributed by atoms with Crippen molar-refractivity contribution in [1.29, 1.82) is 0 Å². The second-order valence-electron chi connectivity index (χ2n) is 21.0. The molecule has 0 aliphatic carbocycles. The molecule has 6 heteroatoms. The lowest BCUT2D eigenvalue weighted by molar-refractivity contribution is -0.143. The Morgan fingerprint density at radius 2 is 0.725 bits per heavy atom. The first-order chi connectivity index (χ1) is 34.0. The Morgan fingerprint density at radius 3 is 1.10 bits per heavy atom. The van der Waals surface area contributed by atoms with Gasteiger partial charge >= 0.3 is 5.97 Å². The van der Waals surface area contributed by atoms with Crippen LogP contribution in [0.25, 0.3) is 0 Å². The number of hydrogen-bond donors (Lipinski definition) is 3. The highest BCUT2D eigenvalue weighted by molar-refractivity contribution is 5.76. The molecule has 2 atom stereocenters. The molecule has 2 unspecified atom stereocenters. The lowest BCUT2D eigenvalue weighted by Crippen LogP contribution is -2.45. The Kier molecular flexibility index (Phi) is 57.0. The summed E-state index contributed by atoms with van der Waals surface area (Å²) < 4.78 is 5.47. The van der Waals surface area contributed by atoms with Gasteiger partial charge < -0.3 is 20.3 Å². The van der Waals surface area contributed by atoms with Gasteiger partial charge in [-0.25, -0.2) is 0 Å². The molecule has 69 heavy (non-hydrogen) atoms. The zero-order valence-corrected chi connectivity index (χ0v) is 46.3. The molecule has 0 saturated carbocycles. The van der Waals surface area contributed by atoms with E-state index < -0.39 is 12.1 Å². The van der Waals surface area contributed by atoms with E-state index in [4.69, 9.17) is 4.74 Å². The van der Waals surface area contributed by atoms with E-state index >= 15 is 0 Å². The maximum Gasteiger partial charge on any atom is 0.305 e. The Balaban J connectivity index is 3.48. The molecular formula is C63H119NO5. The summed E-state index contributed by atoms with van der Waals surface area (Å²) in [6, 6.07) is -0.636. The van der Waals surface area contributed by atoms with Gasteiger partial charge in [0.2, 0.25) is 5.91 Å². The fraction of sp³-hybridized carbons (Fsp3) is 0.873. The molecule has 0 aliphatic rings. The molecule has 0 heterocycles. The van der Waals surface area contributed by atoms with Crippen LogP contribution in [0.1, 0.15) is 328 Å². The number of aliphatic hydroxyl groups is 2. The van der Waals surface area contributed by atoms with Crippen LogP contribution in [0.2, 0.25) is 0 Å². The van der Waals surface area contributed by atoms with E-state index in [2.05, 4.69) is 43.5 Å². The minimum absolute atomic E-state index is 0.00717. The topological polar surface area (TPSA) is 95.9 Å². The first kappa shape index (κ1) is 67.1. The second kappa shape index (κ2) is 58.6. The van der Waals surface area contributed by atoms with Gasteiger partial charge in [0.15, 0.2) is 0 Å². The predicted molar refractivity (Wildman–Crippen MR) is 301 cm³/mol. The number of allylic oxidation sites excluding steroid dienone is 5. The van der Waals surface area contributed by atoms with E-state index in [1.165, 1.54) is 244 Å². The summed E-state index contributed by atoms with van der Waals surface area (Å²) in [6.07, 6.45) is 73.2. The quantitative estimate of drug-likeness (QED) is 0.0321. The number of nitrogens with one attached hydrogen (secondary N) is 1. The smallest absolute Gasteiger partial charge is 0.305 e. The number of hydrogen-bond acceptors (Lipinski definition) is 5. The zero-order chi connectivity index (χ0) is 50.0. The minimum atomic E-state index is -0.851. The summed E-state index contributed by atoms with van der Waals surface area (Å²) in [5.74, 6) is -0.0696.